The van der Waals surface area contributed by atoms with E-state index in [0.717, 1.165) is 17.3 Å². The predicted octanol–water partition coefficient (Wildman–Crippen LogP) is 2.08. The first-order chi connectivity index (χ1) is 13.3. The van der Waals surface area contributed by atoms with Crippen molar-refractivity contribution in [2.75, 3.05) is 17.7 Å². The lowest BCUT2D eigenvalue weighted by Crippen LogP contribution is -2.37. The summed E-state index contributed by atoms with van der Waals surface area (Å²) < 4.78 is 4.87. The first-order valence-corrected chi connectivity index (χ1v) is 9.18. The predicted molar refractivity (Wildman–Crippen MR) is 105 cm³/mol. The number of carbonyl (C=O) groups is 4. The minimum atomic E-state index is -1.03. The topological polar surface area (TPSA) is 128 Å². The first-order valence-electron chi connectivity index (χ1n) is 8.20. The molecule has 2 aromatic rings. The van der Waals surface area contributed by atoms with Gasteiger partial charge in [0.1, 0.15) is 0 Å². The fraction of sp³-hybridized carbons (Fsp3) is 0.158. The van der Waals surface area contributed by atoms with Crippen molar-refractivity contribution in [3.05, 3.63) is 59.7 Å². The van der Waals surface area contributed by atoms with E-state index >= 15 is 0 Å². The summed E-state index contributed by atoms with van der Waals surface area (Å²) in [4.78, 5) is 46.8. The van der Waals surface area contributed by atoms with E-state index in [1.165, 1.54) is 6.07 Å². The van der Waals surface area contributed by atoms with Crippen molar-refractivity contribution >= 4 is 41.3 Å². The lowest BCUT2D eigenvalue weighted by molar-refractivity contribution is -0.123. The summed E-state index contributed by atoms with van der Waals surface area (Å²) in [5.74, 6) is -1.72. The summed E-state index contributed by atoms with van der Waals surface area (Å²) in [5, 5.41) is 4.57. The molecule has 8 nitrogen and oxygen atoms in total. The van der Waals surface area contributed by atoms with Gasteiger partial charge in [-0.25, -0.2) is 9.59 Å². The van der Waals surface area contributed by atoms with E-state index in [1.807, 2.05) is 19.1 Å². The van der Waals surface area contributed by atoms with Crippen molar-refractivity contribution in [2.45, 2.75) is 11.8 Å². The van der Waals surface area contributed by atoms with Gasteiger partial charge in [-0.2, -0.15) is 0 Å². The van der Waals surface area contributed by atoms with Gasteiger partial charge in [-0.1, -0.05) is 29.8 Å². The third-order valence-corrected chi connectivity index (χ3v) is 4.47. The molecule has 146 valence electrons. The second kappa shape index (κ2) is 10.1. The number of nitrogens with two attached hydrogens (primary N) is 1. The number of hydrogen-bond acceptors (Lipinski definition) is 6. The number of urea groups is 1. The van der Waals surface area contributed by atoms with Crippen LogP contribution in [-0.2, 0) is 14.3 Å². The monoisotopic (exact) mass is 401 g/mol. The Morgan fingerprint density at radius 2 is 1.68 bits per heavy atom. The number of amides is 4. The van der Waals surface area contributed by atoms with Gasteiger partial charge in [0, 0.05) is 10.6 Å². The maximum absolute atomic E-state index is 12.2. The van der Waals surface area contributed by atoms with E-state index in [1.54, 1.807) is 35.6 Å². The van der Waals surface area contributed by atoms with Crippen LogP contribution in [0.3, 0.4) is 0 Å². The SMILES string of the molecule is Cc1ccc(NC(=O)CSc2ccccc2C(=O)OCC(=O)NC(N)=O)cc1. The molecule has 9 heteroatoms. The number of carbonyl (C=O) groups excluding carboxylic acids is 4. The smallest absolute Gasteiger partial charge is 0.339 e. The number of anilines is 1. The Morgan fingerprint density at radius 3 is 2.36 bits per heavy atom. The molecule has 0 spiro atoms. The van der Waals surface area contributed by atoms with Gasteiger partial charge in [0.15, 0.2) is 6.61 Å². The van der Waals surface area contributed by atoms with Crippen LogP contribution in [0.15, 0.2) is 53.4 Å². The van der Waals surface area contributed by atoms with Gasteiger partial charge < -0.3 is 15.8 Å². The molecule has 0 aromatic heterocycles. The Morgan fingerprint density at radius 1 is 1.00 bits per heavy atom. The zero-order valence-corrected chi connectivity index (χ0v) is 15.9. The van der Waals surface area contributed by atoms with Crippen LogP contribution in [0.2, 0.25) is 0 Å². The molecule has 0 fully saturated rings. The van der Waals surface area contributed by atoms with E-state index in [4.69, 9.17) is 10.5 Å². The van der Waals surface area contributed by atoms with Gasteiger partial charge in [0.25, 0.3) is 5.91 Å². The Balaban J connectivity index is 1.92. The Hall–Kier alpha value is -3.33. The highest BCUT2D eigenvalue weighted by Crippen LogP contribution is 2.23. The third kappa shape index (κ3) is 6.76. The van der Waals surface area contributed by atoms with Crippen LogP contribution >= 0.6 is 11.8 Å². The molecular weight excluding hydrogens is 382 g/mol. The number of ether oxygens (including phenoxy) is 1. The second-order valence-corrected chi connectivity index (χ2v) is 6.70. The number of thioether (sulfide) groups is 1. The largest absolute Gasteiger partial charge is 0.452 e. The average molecular weight is 401 g/mol. The van der Waals surface area contributed by atoms with Gasteiger partial charge in [-0.3, -0.25) is 14.9 Å². The van der Waals surface area contributed by atoms with Gasteiger partial charge in [0.2, 0.25) is 5.91 Å². The molecule has 4 N–H and O–H groups in total. The highest BCUT2D eigenvalue weighted by molar-refractivity contribution is 8.00. The third-order valence-electron chi connectivity index (χ3n) is 3.40. The van der Waals surface area contributed by atoms with Crippen LogP contribution in [0.25, 0.3) is 0 Å². The molecule has 0 aliphatic rings. The van der Waals surface area contributed by atoms with E-state index in [9.17, 15) is 19.2 Å². The second-order valence-electron chi connectivity index (χ2n) is 5.69. The molecule has 2 rings (SSSR count). The first kappa shape index (κ1) is 21.0. The Kier molecular flexibility index (Phi) is 7.58. The fourth-order valence-electron chi connectivity index (χ4n) is 2.12. The minimum absolute atomic E-state index is 0.0837. The quantitative estimate of drug-likeness (QED) is 0.481. The van der Waals surface area contributed by atoms with Crippen molar-refractivity contribution in [3.8, 4) is 0 Å². The van der Waals surface area contributed by atoms with Crippen molar-refractivity contribution in [1.29, 1.82) is 0 Å². The molecule has 0 bridgehead atoms. The summed E-state index contributed by atoms with van der Waals surface area (Å²) in [5.41, 5.74) is 6.80. The number of imide groups is 1. The molecule has 0 atom stereocenters. The average Bonchev–Trinajstić information content (AvgIpc) is 2.66. The van der Waals surface area contributed by atoms with Gasteiger partial charge >= 0.3 is 12.0 Å². The maximum atomic E-state index is 12.2. The highest BCUT2D eigenvalue weighted by Gasteiger charge is 2.16. The number of rotatable bonds is 7. The lowest BCUT2D eigenvalue weighted by Gasteiger charge is -2.09. The molecule has 0 radical (unpaired) electrons. The fourth-order valence-corrected chi connectivity index (χ4v) is 2.96. The maximum Gasteiger partial charge on any atom is 0.339 e. The number of aryl methyl sites for hydroxylation is 1. The zero-order valence-electron chi connectivity index (χ0n) is 15.1. The van der Waals surface area contributed by atoms with E-state index < -0.39 is 24.5 Å². The van der Waals surface area contributed by atoms with Gasteiger partial charge in [0.05, 0.1) is 11.3 Å². The van der Waals surface area contributed by atoms with E-state index in [2.05, 4.69) is 5.32 Å². The lowest BCUT2D eigenvalue weighted by atomic mass is 10.2. The molecule has 0 aliphatic carbocycles. The Labute approximate surface area is 165 Å². The van der Waals surface area contributed by atoms with Crippen molar-refractivity contribution in [1.82, 2.24) is 5.32 Å². The van der Waals surface area contributed by atoms with Crippen LogP contribution in [0, 0.1) is 6.92 Å². The number of hydrogen-bond donors (Lipinski definition) is 3. The summed E-state index contributed by atoms with van der Waals surface area (Å²) in [6, 6.07) is 12.9. The molecule has 0 saturated carbocycles. The molecule has 0 heterocycles. The summed E-state index contributed by atoms with van der Waals surface area (Å²) >= 11 is 1.16. The van der Waals surface area contributed by atoms with Crippen molar-refractivity contribution < 1.29 is 23.9 Å². The van der Waals surface area contributed by atoms with Crippen LogP contribution in [0.5, 0.6) is 0 Å². The zero-order chi connectivity index (χ0) is 20.5. The molecule has 0 saturated heterocycles. The van der Waals surface area contributed by atoms with E-state index in [-0.39, 0.29) is 17.2 Å². The number of nitrogens with one attached hydrogen (secondary N) is 2. The van der Waals surface area contributed by atoms with Crippen molar-refractivity contribution in [2.24, 2.45) is 5.73 Å². The van der Waals surface area contributed by atoms with Crippen LogP contribution in [-0.4, -0.2) is 36.2 Å². The Bertz CT molecular complexity index is 883. The van der Waals surface area contributed by atoms with Crippen LogP contribution < -0.4 is 16.4 Å². The summed E-state index contributed by atoms with van der Waals surface area (Å²) in [7, 11) is 0. The van der Waals surface area contributed by atoms with Crippen LogP contribution in [0.1, 0.15) is 15.9 Å². The molecular formula is C19H19N3O5S. The summed E-state index contributed by atoms with van der Waals surface area (Å²) in [6.07, 6.45) is 0. The molecule has 0 aliphatic heterocycles. The molecule has 2 aromatic carbocycles. The number of esters is 1. The van der Waals surface area contributed by atoms with E-state index in [0.29, 0.717) is 10.6 Å². The highest BCUT2D eigenvalue weighted by atomic mass is 32.2. The number of primary amides is 1. The standard InChI is InChI=1S/C19H19N3O5S/c1-12-6-8-13(9-7-12)21-17(24)11-28-15-5-3-2-4-14(15)18(25)27-10-16(23)22-19(20)26/h2-9H,10-11H2,1H3,(H,21,24)(H3,20,22,23,26). The van der Waals surface area contributed by atoms with Crippen LogP contribution in [0.4, 0.5) is 10.5 Å². The van der Waals surface area contributed by atoms with Crippen molar-refractivity contribution in [3.63, 3.8) is 0 Å². The van der Waals surface area contributed by atoms with Gasteiger partial charge in [-0.15, -0.1) is 11.8 Å². The van der Waals surface area contributed by atoms with Gasteiger partial charge in [-0.05, 0) is 31.2 Å². The minimum Gasteiger partial charge on any atom is -0.452 e. The normalized spacial score (nSPS) is 10.0. The molecule has 28 heavy (non-hydrogen) atoms. The molecule has 0 unspecified atom stereocenters. The summed E-state index contributed by atoms with van der Waals surface area (Å²) in [6.45, 7) is 1.31. The number of benzene rings is 2. The molecule has 4 amide bonds.